The van der Waals surface area contributed by atoms with Crippen molar-refractivity contribution in [1.82, 2.24) is 15.5 Å². The van der Waals surface area contributed by atoms with Crippen molar-refractivity contribution in [3.63, 3.8) is 0 Å². The molecule has 6 heteroatoms. The quantitative estimate of drug-likeness (QED) is 0.513. The molecule has 0 amide bonds. The molecule has 1 saturated carbocycles. The van der Waals surface area contributed by atoms with Crippen LogP contribution in [0.3, 0.4) is 0 Å². The summed E-state index contributed by atoms with van der Waals surface area (Å²) in [6.07, 6.45) is 8.35. The van der Waals surface area contributed by atoms with E-state index in [-0.39, 0.29) is 6.54 Å². The lowest BCUT2D eigenvalue weighted by Gasteiger charge is -2.22. The second-order valence-electron chi connectivity index (χ2n) is 7.99. The summed E-state index contributed by atoms with van der Waals surface area (Å²) in [5.41, 5.74) is -1.10. The van der Waals surface area contributed by atoms with Crippen LogP contribution in [0.5, 0.6) is 0 Å². The Morgan fingerprint density at radius 3 is 2.88 bits per heavy atom. The number of likely N-dealkylation sites (tertiary alicyclic amines) is 1. The second-order valence-corrected chi connectivity index (χ2v) is 7.99. The fourth-order valence-corrected chi connectivity index (χ4v) is 4.08. The normalized spacial score (nSPS) is 24.7. The third kappa shape index (κ3) is 5.24. The highest BCUT2D eigenvalue weighted by Gasteiger charge is 2.28. The molecule has 1 aliphatic carbocycles. The predicted molar refractivity (Wildman–Crippen MR) is 104 cm³/mol. The molecule has 0 bridgehead atoms. The van der Waals surface area contributed by atoms with Crippen LogP contribution in [0.25, 0.3) is 0 Å². The summed E-state index contributed by atoms with van der Waals surface area (Å²) in [4.78, 5) is 7.19. The smallest absolute Gasteiger partial charge is 0.191 e. The van der Waals surface area contributed by atoms with Gasteiger partial charge in [0.25, 0.3) is 0 Å². The molecule has 1 aromatic rings. The molecule has 1 saturated heterocycles. The molecule has 0 aromatic carbocycles. The number of furan rings is 1. The standard InChI is InChI=1S/C20H34N4O2/c1-3-21-19(22-15-20(2,25)18-9-6-12-26-18)23-17-10-11-24(14-17)13-16-7-4-5-8-16/h6,9,12,16-17,25H,3-5,7-8,10-11,13-15H2,1-2H3,(H2,21,22,23). The number of nitrogens with one attached hydrogen (secondary N) is 2. The maximum absolute atomic E-state index is 10.6. The SMILES string of the molecule is CCNC(=NCC(C)(O)c1ccco1)NC1CCN(CC2CCCC2)C1. The van der Waals surface area contributed by atoms with Crippen molar-refractivity contribution < 1.29 is 9.52 Å². The molecule has 2 aliphatic rings. The van der Waals surface area contributed by atoms with Gasteiger partial charge in [0, 0.05) is 32.2 Å². The van der Waals surface area contributed by atoms with Crippen molar-refractivity contribution in [3.05, 3.63) is 24.2 Å². The van der Waals surface area contributed by atoms with Crippen LogP contribution in [0.4, 0.5) is 0 Å². The van der Waals surface area contributed by atoms with Crippen LogP contribution in [0.1, 0.15) is 51.7 Å². The Balaban J connectivity index is 1.51. The van der Waals surface area contributed by atoms with Gasteiger partial charge in [0.2, 0.25) is 0 Å². The van der Waals surface area contributed by atoms with E-state index >= 15 is 0 Å². The minimum absolute atomic E-state index is 0.258. The number of nitrogens with zero attached hydrogens (tertiary/aromatic N) is 2. The van der Waals surface area contributed by atoms with Gasteiger partial charge in [-0.2, -0.15) is 0 Å². The summed E-state index contributed by atoms with van der Waals surface area (Å²) in [5, 5.41) is 17.4. The molecule has 0 spiro atoms. The third-order valence-electron chi connectivity index (χ3n) is 5.55. The summed E-state index contributed by atoms with van der Waals surface area (Å²) in [5.74, 6) is 2.21. The first kappa shape index (κ1) is 19.2. The molecule has 1 aliphatic heterocycles. The van der Waals surface area contributed by atoms with Crippen LogP contribution in [-0.2, 0) is 5.60 Å². The highest BCUT2D eigenvalue weighted by molar-refractivity contribution is 5.80. The molecule has 26 heavy (non-hydrogen) atoms. The zero-order valence-corrected chi connectivity index (χ0v) is 16.2. The van der Waals surface area contributed by atoms with E-state index in [4.69, 9.17) is 4.42 Å². The van der Waals surface area contributed by atoms with Crippen molar-refractivity contribution in [2.24, 2.45) is 10.9 Å². The zero-order chi connectivity index (χ0) is 18.4. The largest absolute Gasteiger partial charge is 0.466 e. The third-order valence-corrected chi connectivity index (χ3v) is 5.55. The van der Waals surface area contributed by atoms with Gasteiger partial charge in [-0.15, -0.1) is 0 Å². The number of rotatable bonds is 7. The zero-order valence-electron chi connectivity index (χ0n) is 16.2. The molecule has 6 nitrogen and oxygen atoms in total. The van der Waals surface area contributed by atoms with Crippen LogP contribution in [0.2, 0.25) is 0 Å². The highest BCUT2D eigenvalue weighted by atomic mass is 16.4. The first-order chi connectivity index (χ1) is 12.6. The van der Waals surface area contributed by atoms with Gasteiger partial charge in [0.1, 0.15) is 11.4 Å². The Kier molecular flexibility index (Phi) is 6.59. The molecule has 1 aromatic heterocycles. The Bertz CT molecular complexity index is 564. The van der Waals surface area contributed by atoms with Crippen molar-refractivity contribution in [2.75, 3.05) is 32.7 Å². The number of hydrogen-bond donors (Lipinski definition) is 3. The highest BCUT2D eigenvalue weighted by Crippen LogP contribution is 2.26. The monoisotopic (exact) mass is 362 g/mol. The molecule has 2 atom stereocenters. The topological polar surface area (TPSA) is 73.0 Å². The Hall–Kier alpha value is -1.53. The van der Waals surface area contributed by atoms with Crippen molar-refractivity contribution in [1.29, 1.82) is 0 Å². The number of aliphatic imine (C=N–C) groups is 1. The van der Waals surface area contributed by atoms with E-state index in [0.29, 0.717) is 11.8 Å². The first-order valence-corrected chi connectivity index (χ1v) is 10.1. The maximum Gasteiger partial charge on any atom is 0.191 e. The maximum atomic E-state index is 10.6. The predicted octanol–water partition coefficient (Wildman–Crippen LogP) is 2.31. The Labute approximate surface area is 157 Å². The summed E-state index contributed by atoms with van der Waals surface area (Å²) in [7, 11) is 0. The summed E-state index contributed by atoms with van der Waals surface area (Å²) < 4.78 is 5.33. The van der Waals surface area contributed by atoms with E-state index in [1.54, 1.807) is 25.3 Å². The van der Waals surface area contributed by atoms with Gasteiger partial charge in [-0.1, -0.05) is 12.8 Å². The summed E-state index contributed by atoms with van der Waals surface area (Å²) in [6, 6.07) is 3.99. The molecule has 2 unspecified atom stereocenters. The van der Waals surface area contributed by atoms with E-state index in [9.17, 15) is 5.11 Å². The second kappa shape index (κ2) is 8.91. The molecule has 2 heterocycles. The van der Waals surface area contributed by atoms with E-state index in [1.807, 2.05) is 0 Å². The minimum atomic E-state index is -1.10. The molecular weight excluding hydrogens is 328 g/mol. The first-order valence-electron chi connectivity index (χ1n) is 10.1. The molecule has 3 rings (SSSR count). The number of guanidine groups is 1. The molecule has 2 fully saturated rings. The van der Waals surface area contributed by atoms with Crippen LogP contribution >= 0.6 is 0 Å². The molecule has 0 radical (unpaired) electrons. The molecule has 3 N–H and O–H groups in total. The molecular formula is C20H34N4O2. The van der Waals surface area contributed by atoms with E-state index < -0.39 is 5.60 Å². The van der Waals surface area contributed by atoms with Gasteiger partial charge in [-0.25, -0.2) is 4.99 Å². The van der Waals surface area contributed by atoms with Crippen LogP contribution in [0, 0.1) is 5.92 Å². The van der Waals surface area contributed by atoms with Gasteiger partial charge in [-0.3, -0.25) is 0 Å². The average molecular weight is 363 g/mol. The van der Waals surface area contributed by atoms with E-state index in [0.717, 1.165) is 37.9 Å². The van der Waals surface area contributed by atoms with Gasteiger partial charge in [0.15, 0.2) is 5.96 Å². The van der Waals surface area contributed by atoms with Crippen LogP contribution in [-0.4, -0.2) is 54.7 Å². The van der Waals surface area contributed by atoms with Crippen LogP contribution < -0.4 is 10.6 Å². The Morgan fingerprint density at radius 1 is 1.38 bits per heavy atom. The lowest BCUT2D eigenvalue weighted by Crippen LogP contribution is -2.45. The molecule has 146 valence electrons. The minimum Gasteiger partial charge on any atom is -0.466 e. The van der Waals surface area contributed by atoms with Gasteiger partial charge in [-0.05, 0) is 51.2 Å². The lowest BCUT2D eigenvalue weighted by atomic mass is 10.0. The van der Waals surface area contributed by atoms with Gasteiger partial charge in [0.05, 0.1) is 12.8 Å². The van der Waals surface area contributed by atoms with E-state index in [2.05, 4.69) is 27.4 Å². The number of aliphatic hydroxyl groups is 1. The summed E-state index contributed by atoms with van der Waals surface area (Å²) >= 11 is 0. The van der Waals surface area contributed by atoms with Gasteiger partial charge < -0.3 is 25.1 Å². The lowest BCUT2D eigenvalue weighted by molar-refractivity contribution is 0.0436. The fraction of sp³-hybridized carbons (Fsp3) is 0.750. The summed E-state index contributed by atoms with van der Waals surface area (Å²) in [6.45, 7) is 8.34. The van der Waals surface area contributed by atoms with Gasteiger partial charge >= 0.3 is 0 Å². The van der Waals surface area contributed by atoms with Crippen LogP contribution in [0.15, 0.2) is 27.8 Å². The average Bonchev–Trinajstić information content (AvgIpc) is 3.36. The van der Waals surface area contributed by atoms with Crippen molar-refractivity contribution >= 4 is 5.96 Å². The van der Waals surface area contributed by atoms with Crippen molar-refractivity contribution in [2.45, 2.75) is 57.6 Å². The number of hydrogen-bond acceptors (Lipinski definition) is 4. The van der Waals surface area contributed by atoms with Crippen molar-refractivity contribution in [3.8, 4) is 0 Å². The Morgan fingerprint density at radius 2 is 2.19 bits per heavy atom. The van der Waals surface area contributed by atoms with E-state index in [1.165, 1.54) is 32.2 Å². The fourth-order valence-electron chi connectivity index (χ4n) is 4.08.